The number of halogens is 1. The molecule has 1 rings (SSSR count). The van der Waals surface area contributed by atoms with E-state index in [-0.39, 0.29) is 5.41 Å². The lowest BCUT2D eigenvalue weighted by molar-refractivity contribution is 0.169. The Morgan fingerprint density at radius 3 is 2.79 bits per heavy atom. The van der Waals surface area contributed by atoms with Gasteiger partial charge in [0.2, 0.25) is 0 Å². The molecule has 0 aliphatic carbocycles. The molecule has 4 heteroatoms. The van der Waals surface area contributed by atoms with Gasteiger partial charge in [0.15, 0.2) is 0 Å². The van der Waals surface area contributed by atoms with Gasteiger partial charge in [0.25, 0.3) is 0 Å². The van der Waals surface area contributed by atoms with Crippen molar-refractivity contribution in [3.05, 3.63) is 20.8 Å². The van der Waals surface area contributed by atoms with Gasteiger partial charge in [0.05, 0.1) is 6.73 Å². The monoisotopic (exact) mass is 277 g/mol. The molecule has 0 spiro atoms. The summed E-state index contributed by atoms with van der Waals surface area (Å²) >= 11 is 5.26. The van der Waals surface area contributed by atoms with Gasteiger partial charge < -0.3 is 4.74 Å². The lowest BCUT2D eigenvalue weighted by Crippen LogP contribution is -2.33. The Kier molecular flexibility index (Phi) is 4.57. The number of methoxy groups -OCH3 is 1. The smallest absolute Gasteiger partial charge is 0.0961 e. The highest BCUT2D eigenvalue weighted by Crippen LogP contribution is 2.30. The molecular formula is C10H16BrNOS. The lowest BCUT2D eigenvalue weighted by Gasteiger charge is -2.23. The lowest BCUT2D eigenvalue weighted by atomic mass is 9.91. The van der Waals surface area contributed by atoms with Gasteiger partial charge >= 0.3 is 0 Å². The Labute approximate surface area is 97.8 Å². The molecule has 0 aliphatic rings. The molecule has 0 saturated carbocycles. The summed E-state index contributed by atoms with van der Waals surface area (Å²) in [5, 5.41) is 5.37. The highest BCUT2D eigenvalue weighted by atomic mass is 79.9. The largest absolute Gasteiger partial charge is 0.370 e. The molecule has 0 radical (unpaired) electrons. The Bertz CT molecular complexity index is 285. The fraction of sp³-hybridized carbons (Fsp3) is 0.600. The fourth-order valence-corrected chi connectivity index (χ4v) is 2.78. The molecule has 0 aromatic carbocycles. The van der Waals surface area contributed by atoms with Crippen LogP contribution in [-0.4, -0.2) is 20.4 Å². The second-order valence-electron chi connectivity index (χ2n) is 3.87. The second kappa shape index (κ2) is 5.26. The standard InChI is InChI=1S/C10H16BrNOS/c1-10(2,6-12-7-13-3)9-4-8(11)5-14-9/h4-5,12H,6-7H2,1-3H3. The van der Waals surface area contributed by atoms with Crippen LogP contribution in [0.1, 0.15) is 18.7 Å². The van der Waals surface area contributed by atoms with Gasteiger partial charge in [-0.1, -0.05) is 13.8 Å². The maximum absolute atomic E-state index is 4.96. The molecule has 0 unspecified atom stereocenters. The number of thiophene rings is 1. The summed E-state index contributed by atoms with van der Waals surface area (Å²) < 4.78 is 6.13. The summed E-state index contributed by atoms with van der Waals surface area (Å²) in [5.41, 5.74) is 0.162. The summed E-state index contributed by atoms with van der Waals surface area (Å²) in [4.78, 5) is 1.38. The zero-order valence-electron chi connectivity index (χ0n) is 8.76. The van der Waals surface area contributed by atoms with E-state index in [0.717, 1.165) is 11.0 Å². The van der Waals surface area contributed by atoms with Gasteiger partial charge in [-0.15, -0.1) is 11.3 Å². The van der Waals surface area contributed by atoms with E-state index in [1.165, 1.54) is 4.88 Å². The average molecular weight is 278 g/mol. The summed E-state index contributed by atoms with van der Waals surface area (Å²) in [6, 6.07) is 2.18. The molecule has 14 heavy (non-hydrogen) atoms. The quantitative estimate of drug-likeness (QED) is 0.660. The summed E-state index contributed by atoms with van der Waals surface area (Å²) in [6.45, 7) is 5.99. The molecule has 1 heterocycles. The molecule has 2 nitrogen and oxygen atoms in total. The first-order valence-electron chi connectivity index (χ1n) is 4.50. The van der Waals surface area contributed by atoms with E-state index < -0.39 is 0 Å². The van der Waals surface area contributed by atoms with Gasteiger partial charge in [0.1, 0.15) is 0 Å². The zero-order valence-corrected chi connectivity index (χ0v) is 11.2. The first-order chi connectivity index (χ1) is 6.56. The summed E-state index contributed by atoms with van der Waals surface area (Å²) in [7, 11) is 1.70. The first kappa shape index (κ1) is 12.2. The molecule has 0 bridgehead atoms. The molecule has 80 valence electrons. The van der Waals surface area contributed by atoms with Crippen molar-refractivity contribution in [3.8, 4) is 0 Å². The molecule has 0 fully saturated rings. The van der Waals surface area contributed by atoms with E-state index in [4.69, 9.17) is 4.74 Å². The minimum absolute atomic E-state index is 0.162. The molecule has 0 amide bonds. The van der Waals surface area contributed by atoms with Crippen LogP contribution < -0.4 is 5.32 Å². The minimum atomic E-state index is 0.162. The third-order valence-corrected chi connectivity index (χ3v) is 4.10. The molecule has 0 saturated heterocycles. The van der Waals surface area contributed by atoms with Crippen LogP contribution in [0.2, 0.25) is 0 Å². The van der Waals surface area contributed by atoms with Crippen LogP contribution in [-0.2, 0) is 10.2 Å². The van der Waals surface area contributed by atoms with Crippen LogP contribution in [0.25, 0.3) is 0 Å². The summed E-state index contributed by atoms with van der Waals surface area (Å²) in [5.74, 6) is 0. The van der Waals surface area contributed by atoms with Crippen molar-refractivity contribution in [3.63, 3.8) is 0 Å². The Hall–Kier alpha value is 0.1000. The number of hydrogen-bond donors (Lipinski definition) is 1. The van der Waals surface area contributed by atoms with E-state index in [0.29, 0.717) is 6.73 Å². The first-order valence-corrected chi connectivity index (χ1v) is 6.18. The van der Waals surface area contributed by atoms with E-state index in [1.54, 1.807) is 18.4 Å². The van der Waals surface area contributed by atoms with Gasteiger partial charge in [-0.2, -0.15) is 0 Å². The van der Waals surface area contributed by atoms with Crippen molar-refractivity contribution in [2.45, 2.75) is 19.3 Å². The Morgan fingerprint density at radius 2 is 2.29 bits per heavy atom. The van der Waals surface area contributed by atoms with Crippen molar-refractivity contribution >= 4 is 27.3 Å². The number of rotatable bonds is 5. The van der Waals surface area contributed by atoms with Crippen LogP contribution in [0, 0.1) is 0 Å². The van der Waals surface area contributed by atoms with E-state index in [9.17, 15) is 0 Å². The summed E-state index contributed by atoms with van der Waals surface area (Å²) in [6.07, 6.45) is 0. The SMILES string of the molecule is COCNCC(C)(C)c1cc(Br)cs1. The predicted molar refractivity (Wildman–Crippen MR) is 64.9 cm³/mol. The van der Waals surface area contributed by atoms with Crippen molar-refractivity contribution in [1.29, 1.82) is 0 Å². The highest BCUT2D eigenvalue weighted by Gasteiger charge is 2.21. The van der Waals surface area contributed by atoms with Crippen LogP contribution in [0.15, 0.2) is 15.9 Å². The number of ether oxygens (including phenoxy) is 1. The van der Waals surface area contributed by atoms with Crippen molar-refractivity contribution in [2.75, 3.05) is 20.4 Å². The number of hydrogen-bond acceptors (Lipinski definition) is 3. The van der Waals surface area contributed by atoms with Crippen molar-refractivity contribution in [2.24, 2.45) is 0 Å². The third-order valence-electron chi connectivity index (χ3n) is 2.05. The van der Waals surface area contributed by atoms with Crippen molar-refractivity contribution < 1.29 is 4.74 Å². The minimum Gasteiger partial charge on any atom is -0.370 e. The molecule has 1 aromatic heterocycles. The fourth-order valence-electron chi connectivity index (χ4n) is 1.22. The van der Waals surface area contributed by atoms with E-state index >= 15 is 0 Å². The van der Waals surface area contributed by atoms with E-state index in [2.05, 4.69) is 46.5 Å². The topological polar surface area (TPSA) is 21.3 Å². The molecule has 0 atom stereocenters. The molecule has 0 aliphatic heterocycles. The Morgan fingerprint density at radius 1 is 1.57 bits per heavy atom. The molecule has 1 N–H and O–H groups in total. The second-order valence-corrected chi connectivity index (χ2v) is 5.70. The average Bonchev–Trinajstić information content (AvgIpc) is 2.53. The van der Waals surface area contributed by atoms with Gasteiger partial charge in [-0.05, 0) is 22.0 Å². The zero-order chi connectivity index (χ0) is 10.6. The third kappa shape index (κ3) is 3.35. The molecule has 1 aromatic rings. The van der Waals surface area contributed by atoms with E-state index in [1.807, 2.05) is 0 Å². The maximum atomic E-state index is 4.96. The normalized spacial score (nSPS) is 12.0. The van der Waals surface area contributed by atoms with Crippen molar-refractivity contribution in [1.82, 2.24) is 5.32 Å². The maximum Gasteiger partial charge on any atom is 0.0961 e. The molecular weight excluding hydrogens is 262 g/mol. The Balaban J connectivity index is 2.56. The van der Waals surface area contributed by atoms with Crippen LogP contribution >= 0.6 is 27.3 Å². The van der Waals surface area contributed by atoms with Gasteiger partial charge in [-0.25, -0.2) is 0 Å². The van der Waals surface area contributed by atoms with Crippen LogP contribution in [0.5, 0.6) is 0 Å². The highest BCUT2D eigenvalue weighted by molar-refractivity contribution is 9.10. The van der Waals surface area contributed by atoms with Gasteiger partial charge in [-0.3, -0.25) is 5.32 Å². The van der Waals surface area contributed by atoms with Crippen LogP contribution in [0.4, 0.5) is 0 Å². The predicted octanol–water partition coefficient (Wildman–Crippen LogP) is 2.98. The number of nitrogens with one attached hydrogen (secondary N) is 1. The van der Waals surface area contributed by atoms with Gasteiger partial charge in [0, 0.05) is 33.8 Å². The van der Waals surface area contributed by atoms with Crippen LogP contribution in [0.3, 0.4) is 0 Å².